The topological polar surface area (TPSA) is 88.3 Å². The summed E-state index contributed by atoms with van der Waals surface area (Å²) < 4.78 is 45.2. The molecule has 1 aliphatic rings. The third kappa shape index (κ3) is 4.64. The van der Waals surface area contributed by atoms with Gasteiger partial charge in [0.15, 0.2) is 0 Å². The van der Waals surface area contributed by atoms with Crippen LogP contribution < -0.4 is 21.3 Å². The third-order valence-corrected chi connectivity index (χ3v) is 5.44. The maximum atomic E-state index is 13.2. The number of hydrogen-bond acceptors (Lipinski definition) is 7. The Morgan fingerprint density at radius 2 is 1.84 bits per heavy atom. The Kier molecular flexibility index (Phi) is 5.96. The molecule has 0 bridgehead atoms. The highest BCUT2D eigenvalue weighted by atomic mass is 19.4. The van der Waals surface area contributed by atoms with Gasteiger partial charge < -0.3 is 26.0 Å². The highest BCUT2D eigenvalue weighted by molar-refractivity contribution is 5.93. The summed E-state index contributed by atoms with van der Waals surface area (Å²) in [6, 6.07) is 9.01. The minimum absolute atomic E-state index is 0.0570. The lowest BCUT2D eigenvalue weighted by Crippen LogP contribution is -2.36. The van der Waals surface area contributed by atoms with Crippen molar-refractivity contribution in [2.45, 2.75) is 19.1 Å². The quantitative estimate of drug-likeness (QED) is 0.504. The summed E-state index contributed by atoms with van der Waals surface area (Å²) in [4.78, 5) is 11.3. The number of anilines is 4. The molecule has 2 aromatic carbocycles. The number of rotatable bonds is 5. The van der Waals surface area contributed by atoms with Gasteiger partial charge in [0.1, 0.15) is 5.82 Å². The normalized spacial score (nSPS) is 15.6. The molecule has 4 N–H and O–H groups in total. The van der Waals surface area contributed by atoms with E-state index in [0.717, 1.165) is 41.8 Å². The summed E-state index contributed by atoms with van der Waals surface area (Å²) in [5.41, 5.74) is 7.18. The molecular formula is C22H25F3N6O. The molecule has 7 nitrogen and oxygen atoms in total. The summed E-state index contributed by atoms with van der Waals surface area (Å²) in [5.74, 6) is 0.938. The van der Waals surface area contributed by atoms with E-state index in [1.54, 1.807) is 14.0 Å². The minimum atomic E-state index is -4.47. The zero-order valence-corrected chi connectivity index (χ0v) is 17.8. The average Bonchev–Trinajstić information content (AvgIpc) is 2.78. The van der Waals surface area contributed by atoms with E-state index < -0.39 is 17.8 Å². The minimum Gasteiger partial charge on any atom is -0.399 e. The number of nitrogens with two attached hydrogens (primary N) is 1. The molecule has 1 fully saturated rings. The lowest BCUT2D eigenvalue weighted by Gasteiger charge is -2.29. The van der Waals surface area contributed by atoms with Crippen LogP contribution in [-0.2, 0) is 10.9 Å². The molecule has 32 heavy (non-hydrogen) atoms. The number of alkyl halides is 3. The number of ether oxygens (including phenoxy) is 1. The van der Waals surface area contributed by atoms with Crippen molar-refractivity contribution in [3.63, 3.8) is 0 Å². The second kappa shape index (κ2) is 8.70. The van der Waals surface area contributed by atoms with E-state index >= 15 is 0 Å². The number of morpholine rings is 1. The molecule has 1 aromatic heterocycles. The van der Waals surface area contributed by atoms with Crippen molar-refractivity contribution in [2.24, 2.45) is 0 Å². The van der Waals surface area contributed by atoms with Crippen molar-refractivity contribution < 1.29 is 17.9 Å². The van der Waals surface area contributed by atoms with E-state index in [-0.39, 0.29) is 5.69 Å². The molecule has 10 heteroatoms. The number of aromatic nitrogens is 2. The van der Waals surface area contributed by atoms with Crippen LogP contribution in [-0.4, -0.2) is 43.3 Å². The van der Waals surface area contributed by atoms with E-state index in [1.165, 1.54) is 6.07 Å². The number of nitrogens with zero attached hydrogens (tertiary/aromatic N) is 3. The number of nitrogens with one attached hydrogen (secondary N) is 2. The Labute approximate surface area is 183 Å². The Balaban J connectivity index is 1.71. The van der Waals surface area contributed by atoms with Gasteiger partial charge in [-0.3, -0.25) is 0 Å². The van der Waals surface area contributed by atoms with Crippen LogP contribution in [0.2, 0.25) is 0 Å². The average molecular weight is 446 g/mol. The first-order valence-electron chi connectivity index (χ1n) is 10.3. The predicted molar refractivity (Wildman–Crippen MR) is 120 cm³/mol. The zero-order valence-electron chi connectivity index (χ0n) is 17.8. The summed E-state index contributed by atoms with van der Waals surface area (Å²) in [6.07, 6.45) is -4.47. The molecular weight excluding hydrogens is 421 g/mol. The Bertz CT molecular complexity index is 1110. The van der Waals surface area contributed by atoms with Gasteiger partial charge in [-0.15, -0.1) is 0 Å². The van der Waals surface area contributed by atoms with Crippen molar-refractivity contribution in [2.75, 3.05) is 54.6 Å². The van der Waals surface area contributed by atoms with E-state index in [0.29, 0.717) is 30.5 Å². The van der Waals surface area contributed by atoms with Crippen LogP contribution in [0.1, 0.15) is 24.1 Å². The highest BCUT2D eigenvalue weighted by Crippen LogP contribution is 2.34. The number of fused-ring (bicyclic) bond motifs is 1. The molecule has 0 aliphatic carbocycles. The SMILES string of the molecule is CNc1nc(NC(C)c2cc(N)cc(C(F)(F)F)c2)c2cc(N3CCOCC3)ccc2n1. The van der Waals surface area contributed by atoms with E-state index in [9.17, 15) is 13.2 Å². The molecule has 1 saturated heterocycles. The monoisotopic (exact) mass is 446 g/mol. The summed E-state index contributed by atoms with van der Waals surface area (Å²) >= 11 is 0. The molecule has 0 spiro atoms. The van der Waals surface area contributed by atoms with E-state index in [1.807, 2.05) is 18.2 Å². The molecule has 0 saturated carbocycles. The van der Waals surface area contributed by atoms with Crippen molar-refractivity contribution in [3.8, 4) is 0 Å². The van der Waals surface area contributed by atoms with Crippen LogP contribution in [0.5, 0.6) is 0 Å². The summed E-state index contributed by atoms with van der Waals surface area (Å²) in [5, 5.41) is 6.96. The molecule has 170 valence electrons. The van der Waals surface area contributed by atoms with Gasteiger partial charge in [0.25, 0.3) is 0 Å². The fourth-order valence-electron chi connectivity index (χ4n) is 3.74. The van der Waals surface area contributed by atoms with Gasteiger partial charge in [0, 0.05) is 36.9 Å². The van der Waals surface area contributed by atoms with Gasteiger partial charge in [-0.2, -0.15) is 18.2 Å². The number of nitrogen functional groups attached to an aromatic ring is 1. The number of benzene rings is 2. The summed E-state index contributed by atoms with van der Waals surface area (Å²) in [7, 11) is 1.71. The lowest BCUT2D eigenvalue weighted by atomic mass is 10.0. The fourth-order valence-corrected chi connectivity index (χ4v) is 3.74. The molecule has 0 amide bonds. The van der Waals surface area contributed by atoms with Crippen LogP contribution in [0.3, 0.4) is 0 Å². The van der Waals surface area contributed by atoms with Gasteiger partial charge in [-0.1, -0.05) is 0 Å². The smallest absolute Gasteiger partial charge is 0.399 e. The Morgan fingerprint density at radius 3 is 2.53 bits per heavy atom. The van der Waals surface area contributed by atoms with Crippen LogP contribution in [0.25, 0.3) is 10.9 Å². The van der Waals surface area contributed by atoms with Crippen LogP contribution in [0.4, 0.5) is 36.3 Å². The van der Waals surface area contributed by atoms with Gasteiger partial charge in [-0.05, 0) is 48.9 Å². The Morgan fingerprint density at radius 1 is 1.09 bits per heavy atom. The lowest BCUT2D eigenvalue weighted by molar-refractivity contribution is -0.137. The molecule has 1 unspecified atom stereocenters. The maximum absolute atomic E-state index is 13.2. The van der Waals surface area contributed by atoms with Gasteiger partial charge in [0.2, 0.25) is 5.95 Å². The first-order valence-corrected chi connectivity index (χ1v) is 10.3. The molecule has 2 heterocycles. The van der Waals surface area contributed by atoms with Crippen molar-refractivity contribution in [1.82, 2.24) is 9.97 Å². The van der Waals surface area contributed by atoms with Crippen LogP contribution in [0.15, 0.2) is 36.4 Å². The first-order chi connectivity index (χ1) is 15.2. The van der Waals surface area contributed by atoms with Crippen LogP contribution >= 0.6 is 0 Å². The number of hydrogen-bond donors (Lipinski definition) is 3. The third-order valence-electron chi connectivity index (χ3n) is 5.44. The molecule has 4 rings (SSSR count). The second-order valence-electron chi connectivity index (χ2n) is 7.70. The summed E-state index contributed by atoms with van der Waals surface area (Å²) in [6.45, 7) is 4.65. The fraction of sp³-hybridized carbons (Fsp3) is 0.364. The Hall–Kier alpha value is -3.27. The zero-order chi connectivity index (χ0) is 22.9. The van der Waals surface area contributed by atoms with Gasteiger partial charge in [0.05, 0.1) is 30.3 Å². The maximum Gasteiger partial charge on any atom is 0.416 e. The molecule has 1 atom stereocenters. The van der Waals surface area contributed by atoms with E-state index in [4.69, 9.17) is 10.5 Å². The largest absolute Gasteiger partial charge is 0.416 e. The second-order valence-corrected chi connectivity index (χ2v) is 7.70. The highest BCUT2D eigenvalue weighted by Gasteiger charge is 2.31. The first kappa shape index (κ1) is 21.9. The molecule has 1 aliphatic heterocycles. The van der Waals surface area contributed by atoms with Gasteiger partial charge >= 0.3 is 6.18 Å². The van der Waals surface area contributed by atoms with Crippen LogP contribution in [0, 0.1) is 0 Å². The predicted octanol–water partition coefficient (Wildman–Crippen LogP) is 4.28. The standard InChI is InChI=1S/C22H25F3N6O/c1-13(14-9-15(22(23,24)25)11-16(26)10-14)28-20-18-12-17(31-5-7-32-8-6-31)3-4-19(18)29-21(27-2)30-20/h3-4,9-13H,5-8,26H2,1-2H3,(H2,27,28,29,30). The number of halogens is 3. The van der Waals surface area contributed by atoms with E-state index in [2.05, 4.69) is 25.5 Å². The van der Waals surface area contributed by atoms with Crippen molar-refractivity contribution in [3.05, 3.63) is 47.5 Å². The molecule has 0 radical (unpaired) electrons. The van der Waals surface area contributed by atoms with Crippen molar-refractivity contribution >= 4 is 34.0 Å². The molecule has 3 aromatic rings. The van der Waals surface area contributed by atoms with Crippen molar-refractivity contribution in [1.29, 1.82) is 0 Å². The van der Waals surface area contributed by atoms with Gasteiger partial charge in [-0.25, -0.2) is 4.98 Å².